The van der Waals surface area contributed by atoms with Gasteiger partial charge in [-0.3, -0.25) is 4.55 Å². The van der Waals surface area contributed by atoms with Gasteiger partial charge in [-0.05, 0) is 36.2 Å². The number of aryl methyl sites for hydroxylation is 1. The standard InChI is InChI=1S/C21H28N2O5S/c1-4-5-16-6-8-18(21(14-16)29(24,25)26)23-12-10-22(11-13-23)17-7-9-19(27-2)20(15-17)28-3/h6-9,14-15H,4-5,10-13H2,1-3H3,(H,24,25,26). The van der Waals surface area contributed by atoms with E-state index < -0.39 is 10.1 Å². The van der Waals surface area contributed by atoms with Gasteiger partial charge in [0.15, 0.2) is 11.5 Å². The molecule has 0 atom stereocenters. The fourth-order valence-electron chi connectivity index (χ4n) is 3.70. The second kappa shape index (κ2) is 8.92. The number of hydrogen-bond acceptors (Lipinski definition) is 6. The van der Waals surface area contributed by atoms with Crippen molar-refractivity contribution in [3.05, 3.63) is 42.0 Å². The quantitative estimate of drug-likeness (QED) is 0.689. The maximum absolute atomic E-state index is 12.0. The van der Waals surface area contributed by atoms with Crippen LogP contribution in [0.3, 0.4) is 0 Å². The molecule has 3 rings (SSSR count). The maximum atomic E-state index is 12.0. The number of hydrogen-bond donors (Lipinski definition) is 1. The fourth-order valence-corrected chi connectivity index (χ4v) is 4.46. The van der Waals surface area contributed by atoms with Crippen LogP contribution in [0.2, 0.25) is 0 Å². The summed E-state index contributed by atoms with van der Waals surface area (Å²) in [6.07, 6.45) is 1.68. The van der Waals surface area contributed by atoms with Crippen molar-refractivity contribution in [1.82, 2.24) is 0 Å². The lowest BCUT2D eigenvalue weighted by atomic mass is 10.1. The molecule has 0 spiro atoms. The molecule has 1 saturated heterocycles. The van der Waals surface area contributed by atoms with E-state index in [0.29, 0.717) is 30.3 Å². The van der Waals surface area contributed by atoms with Gasteiger partial charge in [-0.2, -0.15) is 8.42 Å². The highest BCUT2D eigenvalue weighted by atomic mass is 32.2. The molecule has 158 valence electrons. The Morgan fingerprint density at radius 1 is 0.931 bits per heavy atom. The highest BCUT2D eigenvalue weighted by molar-refractivity contribution is 7.86. The molecule has 0 aliphatic carbocycles. The number of anilines is 2. The molecule has 1 fully saturated rings. The molecule has 2 aromatic carbocycles. The highest BCUT2D eigenvalue weighted by Crippen LogP contribution is 2.33. The summed E-state index contributed by atoms with van der Waals surface area (Å²) in [5.74, 6) is 1.35. The molecule has 8 heteroatoms. The Balaban J connectivity index is 1.79. The number of methoxy groups -OCH3 is 2. The van der Waals surface area contributed by atoms with E-state index in [1.807, 2.05) is 36.1 Å². The number of piperazine rings is 1. The van der Waals surface area contributed by atoms with Crippen LogP contribution in [0, 0.1) is 0 Å². The largest absolute Gasteiger partial charge is 0.493 e. The zero-order valence-electron chi connectivity index (χ0n) is 17.1. The van der Waals surface area contributed by atoms with Crippen LogP contribution in [0.15, 0.2) is 41.3 Å². The molecule has 1 heterocycles. The summed E-state index contributed by atoms with van der Waals surface area (Å²) < 4.78 is 44.3. The zero-order chi connectivity index (χ0) is 21.0. The summed E-state index contributed by atoms with van der Waals surface area (Å²) in [7, 11) is -1.08. The van der Waals surface area contributed by atoms with Crippen LogP contribution in [-0.4, -0.2) is 53.4 Å². The van der Waals surface area contributed by atoms with Crippen molar-refractivity contribution in [2.24, 2.45) is 0 Å². The Labute approximate surface area is 172 Å². The van der Waals surface area contributed by atoms with E-state index in [1.165, 1.54) is 0 Å². The van der Waals surface area contributed by atoms with E-state index in [9.17, 15) is 13.0 Å². The van der Waals surface area contributed by atoms with E-state index in [1.54, 1.807) is 26.4 Å². The molecule has 0 unspecified atom stereocenters. The number of ether oxygens (including phenoxy) is 2. The average Bonchev–Trinajstić information content (AvgIpc) is 2.73. The molecule has 0 bridgehead atoms. The van der Waals surface area contributed by atoms with E-state index in [-0.39, 0.29) is 4.90 Å². The maximum Gasteiger partial charge on any atom is 0.296 e. The summed E-state index contributed by atoms with van der Waals surface area (Å²) in [5, 5.41) is 0. The van der Waals surface area contributed by atoms with Gasteiger partial charge in [-0.25, -0.2) is 0 Å². The highest BCUT2D eigenvalue weighted by Gasteiger charge is 2.24. The van der Waals surface area contributed by atoms with E-state index >= 15 is 0 Å². The second-order valence-electron chi connectivity index (χ2n) is 7.04. The first kappa shape index (κ1) is 21.3. The normalized spacial score (nSPS) is 14.8. The van der Waals surface area contributed by atoms with Gasteiger partial charge < -0.3 is 19.3 Å². The molecule has 29 heavy (non-hydrogen) atoms. The fraction of sp³-hybridized carbons (Fsp3) is 0.429. The van der Waals surface area contributed by atoms with Gasteiger partial charge in [0.2, 0.25) is 0 Å². The third-order valence-corrected chi connectivity index (χ3v) is 6.08. The van der Waals surface area contributed by atoms with Crippen molar-refractivity contribution in [1.29, 1.82) is 0 Å². The second-order valence-corrected chi connectivity index (χ2v) is 8.43. The molecule has 0 saturated carbocycles. The van der Waals surface area contributed by atoms with Gasteiger partial charge >= 0.3 is 0 Å². The summed E-state index contributed by atoms with van der Waals surface area (Å²) in [4.78, 5) is 4.22. The topological polar surface area (TPSA) is 79.3 Å². The molecule has 1 aliphatic heterocycles. The van der Waals surface area contributed by atoms with Crippen molar-refractivity contribution >= 4 is 21.5 Å². The first-order valence-electron chi connectivity index (χ1n) is 9.69. The predicted octanol–water partition coefficient (Wildman–Crippen LogP) is 3.23. The van der Waals surface area contributed by atoms with E-state index in [2.05, 4.69) is 4.90 Å². The van der Waals surface area contributed by atoms with Crippen LogP contribution in [0.1, 0.15) is 18.9 Å². The van der Waals surface area contributed by atoms with Gasteiger partial charge in [0.1, 0.15) is 4.90 Å². The summed E-state index contributed by atoms with van der Waals surface area (Å²) in [6.45, 7) is 4.76. The number of nitrogens with zero attached hydrogens (tertiary/aromatic N) is 2. The molecule has 0 aromatic heterocycles. The number of rotatable bonds is 7. The minimum atomic E-state index is -4.29. The van der Waals surface area contributed by atoms with Crippen molar-refractivity contribution in [3.8, 4) is 11.5 Å². The lowest BCUT2D eigenvalue weighted by Gasteiger charge is -2.38. The first-order chi connectivity index (χ1) is 13.9. The summed E-state index contributed by atoms with van der Waals surface area (Å²) in [6, 6.07) is 11.1. The smallest absolute Gasteiger partial charge is 0.296 e. The monoisotopic (exact) mass is 420 g/mol. The average molecular weight is 421 g/mol. The van der Waals surface area contributed by atoms with Crippen LogP contribution in [0.25, 0.3) is 0 Å². The predicted molar refractivity (Wildman–Crippen MR) is 114 cm³/mol. The molecule has 0 amide bonds. The lowest BCUT2D eigenvalue weighted by Crippen LogP contribution is -2.47. The number of benzene rings is 2. The van der Waals surface area contributed by atoms with E-state index in [0.717, 1.165) is 37.2 Å². The molecular weight excluding hydrogens is 392 g/mol. The van der Waals surface area contributed by atoms with Crippen LogP contribution in [0.4, 0.5) is 11.4 Å². The van der Waals surface area contributed by atoms with Gasteiger partial charge in [-0.15, -0.1) is 0 Å². The molecule has 2 aromatic rings. The van der Waals surface area contributed by atoms with Gasteiger partial charge in [0.25, 0.3) is 10.1 Å². The van der Waals surface area contributed by atoms with Crippen LogP contribution < -0.4 is 19.3 Å². The Bertz CT molecular complexity index is 954. The van der Waals surface area contributed by atoms with Crippen molar-refractivity contribution in [3.63, 3.8) is 0 Å². The molecule has 0 radical (unpaired) electrons. The minimum Gasteiger partial charge on any atom is -0.493 e. The Hall–Kier alpha value is -2.45. The zero-order valence-corrected chi connectivity index (χ0v) is 17.9. The van der Waals surface area contributed by atoms with Crippen molar-refractivity contribution in [2.75, 3.05) is 50.2 Å². The summed E-state index contributed by atoms with van der Waals surface area (Å²) in [5.41, 5.74) is 2.49. The molecule has 7 nitrogen and oxygen atoms in total. The van der Waals surface area contributed by atoms with Gasteiger partial charge in [-0.1, -0.05) is 19.4 Å². The first-order valence-corrected chi connectivity index (χ1v) is 11.1. The van der Waals surface area contributed by atoms with Crippen LogP contribution >= 0.6 is 0 Å². The SMILES string of the molecule is CCCc1ccc(N2CCN(c3ccc(OC)c(OC)c3)CC2)c(S(=O)(=O)O)c1. The Kier molecular flexibility index (Phi) is 6.54. The lowest BCUT2D eigenvalue weighted by molar-refractivity contribution is 0.355. The van der Waals surface area contributed by atoms with Crippen LogP contribution in [0.5, 0.6) is 11.5 Å². The third kappa shape index (κ3) is 4.76. The summed E-state index contributed by atoms with van der Waals surface area (Å²) >= 11 is 0. The van der Waals surface area contributed by atoms with Crippen LogP contribution in [-0.2, 0) is 16.5 Å². The Morgan fingerprint density at radius 3 is 2.17 bits per heavy atom. The molecule has 1 N–H and O–H groups in total. The van der Waals surface area contributed by atoms with Gasteiger partial charge in [0, 0.05) is 37.9 Å². The van der Waals surface area contributed by atoms with Crippen molar-refractivity contribution in [2.45, 2.75) is 24.7 Å². The molecule has 1 aliphatic rings. The van der Waals surface area contributed by atoms with Crippen molar-refractivity contribution < 1.29 is 22.4 Å². The van der Waals surface area contributed by atoms with E-state index in [4.69, 9.17) is 9.47 Å². The third-order valence-electron chi connectivity index (χ3n) is 5.19. The van der Waals surface area contributed by atoms with Gasteiger partial charge in [0.05, 0.1) is 19.9 Å². The minimum absolute atomic E-state index is 0.0111. The molecular formula is C21H28N2O5S. The Morgan fingerprint density at radius 2 is 1.59 bits per heavy atom.